The summed E-state index contributed by atoms with van der Waals surface area (Å²) in [5.41, 5.74) is 2.78. The van der Waals surface area contributed by atoms with Crippen molar-refractivity contribution in [2.45, 2.75) is 27.3 Å². The van der Waals surface area contributed by atoms with E-state index in [1.54, 1.807) is 0 Å². The summed E-state index contributed by atoms with van der Waals surface area (Å²) in [6.45, 7) is 6.16. The molecule has 5 heteroatoms. The number of benzene rings is 2. The Morgan fingerprint density at radius 3 is 2.31 bits per heavy atom. The second-order valence-corrected chi connectivity index (χ2v) is 8.36. The maximum atomic E-state index is 12.6. The standard InChI is InChI=1S/C24H29N4O/c1-24(2,3)22(29)18-27-15-16-28(23(27)20-9-7-6-8-10-20)25-17-19-11-13-21(14-12-19)26(4)5/h6-17H,18H2,1-5H3/q+1/b25-17+. The summed E-state index contributed by atoms with van der Waals surface area (Å²) in [6, 6.07) is 18.3. The molecule has 0 spiro atoms. The number of imidazole rings is 1. The van der Waals surface area contributed by atoms with Crippen LogP contribution in [-0.2, 0) is 11.3 Å². The molecule has 0 aliphatic rings. The highest BCUT2D eigenvalue weighted by Gasteiger charge is 2.27. The van der Waals surface area contributed by atoms with Crippen LogP contribution in [0.2, 0.25) is 0 Å². The van der Waals surface area contributed by atoms with Crippen LogP contribution in [0.5, 0.6) is 0 Å². The lowest BCUT2D eigenvalue weighted by molar-refractivity contribution is -0.673. The van der Waals surface area contributed by atoms with E-state index in [0.717, 1.165) is 22.6 Å². The zero-order valence-electron chi connectivity index (χ0n) is 17.8. The van der Waals surface area contributed by atoms with Crippen LogP contribution in [-0.4, -0.2) is 30.8 Å². The Labute approximate surface area is 172 Å². The van der Waals surface area contributed by atoms with Crippen molar-refractivity contribution < 1.29 is 9.36 Å². The molecule has 29 heavy (non-hydrogen) atoms. The summed E-state index contributed by atoms with van der Waals surface area (Å²) >= 11 is 0. The van der Waals surface area contributed by atoms with Crippen LogP contribution in [0.4, 0.5) is 5.69 Å². The third kappa shape index (κ3) is 4.99. The summed E-state index contributed by atoms with van der Waals surface area (Å²) in [5, 5.41) is 4.66. The minimum Gasteiger partial charge on any atom is -0.378 e. The number of ketones is 1. The van der Waals surface area contributed by atoms with Gasteiger partial charge in [0, 0.05) is 25.2 Å². The molecule has 1 heterocycles. The SMILES string of the molecule is CN(C)c1ccc(/C=N/n2cc[n+](CC(=O)C(C)(C)C)c2-c2ccccc2)cc1. The first-order valence-electron chi connectivity index (χ1n) is 9.77. The zero-order chi connectivity index (χ0) is 21.0. The van der Waals surface area contributed by atoms with Gasteiger partial charge in [0.1, 0.15) is 12.7 Å². The number of carbonyl (C=O) groups is 1. The molecule has 5 nitrogen and oxygen atoms in total. The van der Waals surface area contributed by atoms with Crippen LogP contribution in [0.25, 0.3) is 11.4 Å². The summed E-state index contributed by atoms with van der Waals surface area (Å²) in [5.74, 6) is 1.06. The van der Waals surface area contributed by atoms with Crippen molar-refractivity contribution in [2.75, 3.05) is 19.0 Å². The van der Waals surface area contributed by atoms with Crippen molar-refractivity contribution >= 4 is 17.7 Å². The van der Waals surface area contributed by atoms with Gasteiger partial charge in [-0.2, -0.15) is 0 Å². The first kappa shape index (κ1) is 20.5. The fourth-order valence-electron chi connectivity index (χ4n) is 2.90. The van der Waals surface area contributed by atoms with E-state index in [9.17, 15) is 4.79 Å². The number of aromatic nitrogens is 2. The maximum Gasteiger partial charge on any atom is 0.314 e. The molecule has 0 saturated carbocycles. The Morgan fingerprint density at radius 2 is 1.72 bits per heavy atom. The molecule has 0 bridgehead atoms. The largest absolute Gasteiger partial charge is 0.378 e. The topological polar surface area (TPSA) is 41.5 Å². The summed E-state index contributed by atoms with van der Waals surface area (Å²) in [7, 11) is 4.04. The monoisotopic (exact) mass is 389 g/mol. The molecule has 0 unspecified atom stereocenters. The lowest BCUT2D eigenvalue weighted by atomic mass is 9.91. The second kappa shape index (κ2) is 8.43. The second-order valence-electron chi connectivity index (χ2n) is 8.36. The molecule has 2 aromatic carbocycles. The van der Waals surface area contributed by atoms with Crippen molar-refractivity contribution in [3.8, 4) is 11.4 Å². The van der Waals surface area contributed by atoms with Crippen molar-refractivity contribution in [1.82, 2.24) is 4.68 Å². The van der Waals surface area contributed by atoms with E-state index in [1.165, 1.54) is 0 Å². The van der Waals surface area contributed by atoms with Gasteiger partial charge in [0.15, 0.2) is 12.0 Å². The summed E-state index contributed by atoms with van der Waals surface area (Å²) in [4.78, 5) is 14.7. The van der Waals surface area contributed by atoms with E-state index < -0.39 is 0 Å². The molecular weight excluding hydrogens is 360 g/mol. The number of nitrogens with zero attached hydrogens (tertiary/aromatic N) is 4. The zero-order valence-corrected chi connectivity index (χ0v) is 17.8. The third-order valence-corrected chi connectivity index (χ3v) is 4.80. The number of hydrogen-bond acceptors (Lipinski definition) is 3. The van der Waals surface area contributed by atoms with Crippen LogP contribution in [0.1, 0.15) is 26.3 Å². The van der Waals surface area contributed by atoms with Gasteiger partial charge >= 0.3 is 5.82 Å². The van der Waals surface area contributed by atoms with Gasteiger partial charge in [0.2, 0.25) is 0 Å². The van der Waals surface area contributed by atoms with Gasteiger partial charge in [-0.05, 0) is 29.8 Å². The molecule has 3 aromatic rings. The van der Waals surface area contributed by atoms with Gasteiger partial charge in [-0.3, -0.25) is 4.79 Å². The Kier molecular flexibility index (Phi) is 5.97. The summed E-state index contributed by atoms with van der Waals surface area (Å²) < 4.78 is 3.79. The maximum absolute atomic E-state index is 12.6. The molecule has 0 radical (unpaired) electrons. The van der Waals surface area contributed by atoms with Crippen molar-refractivity contribution in [3.63, 3.8) is 0 Å². The van der Waals surface area contributed by atoms with Gasteiger partial charge in [-0.1, -0.05) is 56.2 Å². The normalized spacial score (nSPS) is 11.8. The Bertz CT molecular complexity index is 994. The molecule has 0 aliphatic carbocycles. The van der Waals surface area contributed by atoms with E-state index in [-0.39, 0.29) is 11.2 Å². The number of carbonyl (C=O) groups excluding carboxylic acids is 1. The van der Waals surface area contributed by atoms with Crippen LogP contribution in [0, 0.1) is 5.41 Å². The van der Waals surface area contributed by atoms with Gasteiger partial charge < -0.3 is 4.90 Å². The van der Waals surface area contributed by atoms with Crippen molar-refractivity contribution in [2.24, 2.45) is 10.5 Å². The smallest absolute Gasteiger partial charge is 0.314 e. The fraction of sp³-hybridized carbons (Fsp3) is 0.292. The Balaban J connectivity index is 1.95. The lowest BCUT2D eigenvalue weighted by Crippen LogP contribution is -2.42. The van der Waals surface area contributed by atoms with Crippen molar-refractivity contribution in [1.29, 1.82) is 0 Å². The predicted octanol–water partition coefficient (Wildman–Crippen LogP) is 4.01. The lowest BCUT2D eigenvalue weighted by Gasteiger charge is -2.15. The van der Waals surface area contributed by atoms with E-state index >= 15 is 0 Å². The molecule has 3 rings (SSSR count). The van der Waals surface area contributed by atoms with Gasteiger partial charge in [0.25, 0.3) is 0 Å². The number of anilines is 1. The molecular formula is C24H29N4O+. The molecule has 0 N–H and O–H groups in total. The molecule has 0 aliphatic heterocycles. The first-order valence-corrected chi connectivity index (χ1v) is 9.77. The first-order chi connectivity index (χ1) is 13.8. The fourth-order valence-corrected chi connectivity index (χ4v) is 2.90. The van der Waals surface area contributed by atoms with Crippen LogP contribution >= 0.6 is 0 Å². The highest BCUT2D eigenvalue weighted by molar-refractivity contribution is 5.82. The minimum absolute atomic E-state index is 0.181. The summed E-state index contributed by atoms with van der Waals surface area (Å²) in [6.07, 6.45) is 5.64. The van der Waals surface area contributed by atoms with E-state index in [2.05, 4.69) is 22.1 Å². The Hall–Kier alpha value is -3.21. The van der Waals surface area contributed by atoms with Gasteiger partial charge in [0.05, 0.1) is 11.8 Å². The Morgan fingerprint density at radius 1 is 1.07 bits per heavy atom. The van der Waals surface area contributed by atoms with Crippen LogP contribution in [0.15, 0.2) is 72.1 Å². The molecule has 150 valence electrons. The molecule has 0 fully saturated rings. The van der Waals surface area contributed by atoms with Gasteiger partial charge in [-0.15, -0.1) is 4.68 Å². The van der Waals surface area contributed by atoms with Gasteiger partial charge in [-0.25, -0.2) is 4.57 Å². The molecule has 0 saturated heterocycles. The molecule has 1 aromatic heterocycles. The minimum atomic E-state index is -0.388. The van der Waals surface area contributed by atoms with E-state index in [4.69, 9.17) is 0 Å². The number of hydrogen-bond donors (Lipinski definition) is 0. The average Bonchev–Trinajstić information content (AvgIpc) is 3.09. The van der Waals surface area contributed by atoms with E-state index in [0.29, 0.717) is 6.54 Å². The molecule has 0 amide bonds. The quantitative estimate of drug-likeness (QED) is 0.472. The van der Waals surface area contributed by atoms with Crippen molar-refractivity contribution in [3.05, 3.63) is 72.6 Å². The average molecular weight is 390 g/mol. The predicted molar refractivity (Wildman–Crippen MR) is 118 cm³/mol. The van der Waals surface area contributed by atoms with E-state index in [1.807, 2.05) is 105 Å². The van der Waals surface area contributed by atoms with Crippen LogP contribution < -0.4 is 9.47 Å². The van der Waals surface area contributed by atoms with Crippen LogP contribution in [0.3, 0.4) is 0 Å². The number of Topliss-reactive ketones (excluding diaryl/α,β-unsaturated/α-hetero) is 1. The molecule has 0 atom stereocenters. The highest BCUT2D eigenvalue weighted by atomic mass is 16.1. The third-order valence-electron chi connectivity index (χ3n) is 4.80. The number of rotatable bonds is 6. The highest BCUT2D eigenvalue weighted by Crippen LogP contribution is 2.19.